The lowest BCUT2D eigenvalue weighted by molar-refractivity contribution is -0.116. The molecule has 116 valence electrons. The first kappa shape index (κ1) is 16.3. The van der Waals surface area contributed by atoms with Gasteiger partial charge in [-0.1, -0.05) is 29.3 Å². The highest BCUT2D eigenvalue weighted by atomic mass is 35.5. The number of primary amides is 1. The SMILES string of the molecule is Cc1ccc(S(=O)(=O)N(CC(N)=O)c2ccc(Cl)cc2)cc1. The second kappa shape index (κ2) is 6.37. The van der Waals surface area contributed by atoms with Crippen molar-refractivity contribution < 1.29 is 13.2 Å². The van der Waals surface area contributed by atoms with Gasteiger partial charge in [0.15, 0.2) is 0 Å². The second-order valence-corrected chi connectivity index (χ2v) is 7.07. The molecule has 0 fully saturated rings. The predicted molar refractivity (Wildman–Crippen MR) is 86.4 cm³/mol. The van der Waals surface area contributed by atoms with Gasteiger partial charge in [-0.2, -0.15) is 0 Å². The van der Waals surface area contributed by atoms with Crippen LogP contribution in [-0.4, -0.2) is 20.9 Å². The van der Waals surface area contributed by atoms with E-state index in [4.69, 9.17) is 17.3 Å². The number of hydrogen-bond acceptors (Lipinski definition) is 3. The molecule has 2 aromatic carbocycles. The Labute approximate surface area is 134 Å². The number of anilines is 1. The van der Waals surface area contributed by atoms with E-state index in [1.807, 2.05) is 6.92 Å². The molecule has 0 atom stereocenters. The van der Waals surface area contributed by atoms with Crippen molar-refractivity contribution in [2.24, 2.45) is 5.73 Å². The Morgan fingerprint density at radius 1 is 1.09 bits per heavy atom. The smallest absolute Gasteiger partial charge is 0.264 e. The van der Waals surface area contributed by atoms with E-state index in [1.54, 1.807) is 24.3 Å². The lowest BCUT2D eigenvalue weighted by Gasteiger charge is -2.23. The van der Waals surface area contributed by atoms with Crippen LogP contribution in [0.2, 0.25) is 5.02 Å². The fourth-order valence-electron chi connectivity index (χ4n) is 1.90. The molecule has 0 aliphatic rings. The van der Waals surface area contributed by atoms with Crippen molar-refractivity contribution in [1.29, 1.82) is 0 Å². The van der Waals surface area contributed by atoms with Gasteiger partial charge >= 0.3 is 0 Å². The Morgan fingerprint density at radius 3 is 2.14 bits per heavy atom. The molecule has 0 saturated heterocycles. The topological polar surface area (TPSA) is 80.5 Å². The summed E-state index contributed by atoms with van der Waals surface area (Å²) in [6.45, 7) is 1.41. The summed E-state index contributed by atoms with van der Waals surface area (Å²) in [6, 6.07) is 12.5. The van der Waals surface area contributed by atoms with Crippen molar-refractivity contribution in [1.82, 2.24) is 0 Å². The van der Waals surface area contributed by atoms with Crippen LogP contribution in [-0.2, 0) is 14.8 Å². The van der Waals surface area contributed by atoms with Gasteiger partial charge in [0.1, 0.15) is 6.54 Å². The summed E-state index contributed by atoms with van der Waals surface area (Å²) in [6.07, 6.45) is 0. The first-order chi connectivity index (χ1) is 10.3. The molecule has 0 aliphatic heterocycles. The summed E-state index contributed by atoms with van der Waals surface area (Å²) in [5, 5.41) is 0.468. The number of sulfonamides is 1. The molecule has 0 heterocycles. The Hall–Kier alpha value is -2.05. The predicted octanol–water partition coefficient (Wildman–Crippen LogP) is 2.33. The molecule has 0 saturated carbocycles. The van der Waals surface area contributed by atoms with Crippen LogP contribution in [0.1, 0.15) is 5.56 Å². The highest BCUT2D eigenvalue weighted by Gasteiger charge is 2.26. The number of halogens is 1. The van der Waals surface area contributed by atoms with Crippen LogP contribution in [0.4, 0.5) is 5.69 Å². The van der Waals surface area contributed by atoms with Gasteiger partial charge in [0.25, 0.3) is 10.0 Å². The Bertz CT molecular complexity index is 771. The lowest BCUT2D eigenvalue weighted by Crippen LogP contribution is -2.38. The van der Waals surface area contributed by atoms with E-state index in [2.05, 4.69) is 0 Å². The van der Waals surface area contributed by atoms with Crippen molar-refractivity contribution in [3.63, 3.8) is 0 Å². The molecular formula is C15H15ClN2O3S. The van der Waals surface area contributed by atoms with E-state index in [9.17, 15) is 13.2 Å². The largest absolute Gasteiger partial charge is 0.368 e. The van der Waals surface area contributed by atoms with Crippen LogP contribution in [0.5, 0.6) is 0 Å². The quantitative estimate of drug-likeness (QED) is 0.908. The monoisotopic (exact) mass is 338 g/mol. The number of carbonyl (C=O) groups excluding carboxylic acids is 1. The molecule has 2 N–H and O–H groups in total. The van der Waals surface area contributed by atoms with Crippen LogP contribution in [0, 0.1) is 6.92 Å². The maximum Gasteiger partial charge on any atom is 0.264 e. The van der Waals surface area contributed by atoms with Gasteiger partial charge < -0.3 is 5.73 Å². The van der Waals surface area contributed by atoms with Crippen LogP contribution < -0.4 is 10.0 Å². The zero-order valence-electron chi connectivity index (χ0n) is 11.9. The number of hydrogen-bond donors (Lipinski definition) is 1. The van der Waals surface area contributed by atoms with Crippen molar-refractivity contribution in [2.45, 2.75) is 11.8 Å². The maximum absolute atomic E-state index is 12.7. The van der Waals surface area contributed by atoms with Crippen LogP contribution in [0.15, 0.2) is 53.4 Å². The summed E-state index contributed by atoms with van der Waals surface area (Å²) in [7, 11) is -3.89. The zero-order chi connectivity index (χ0) is 16.3. The van der Waals surface area contributed by atoms with Gasteiger partial charge in [0.2, 0.25) is 5.91 Å². The van der Waals surface area contributed by atoms with Crippen LogP contribution in [0.3, 0.4) is 0 Å². The highest BCUT2D eigenvalue weighted by Crippen LogP contribution is 2.25. The Kier molecular flexibility index (Phi) is 4.73. The molecule has 2 rings (SSSR count). The molecular weight excluding hydrogens is 324 g/mol. The van der Waals surface area contributed by atoms with Crippen molar-refractivity contribution in [2.75, 3.05) is 10.8 Å². The fraction of sp³-hybridized carbons (Fsp3) is 0.133. The van der Waals surface area contributed by atoms with Gasteiger partial charge in [-0.05, 0) is 43.3 Å². The van der Waals surface area contributed by atoms with Crippen LogP contribution >= 0.6 is 11.6 Å². The minimum atomic E-state index is -3.89. The first-order valence-electron chi connectivity index (χ1n) is 6.44. The average Bonchev–Trinajstić information content (AvgIpc) is 2.46. The molecule has 5 nitrogen and oxygen atoms in total. The number of benzene rings is 2. The number of rotatable bonds is 5. The molecule has 0 aromatic heterocycles. The molecule has 7 heteroatoms. The van der Waals surface area contributed by atoms with E-state index < -0.39 is 22.5 Å². The normalized spacial score (nSPS) is 11.2. The standard InChI is InChI=1S/C15H15ClN2O3S/c1-11-2-8-14(9-3-11)22(20,21)18(10-15(17)19)13-6-4-12(16)5-7-13/h2-9H,10H2,1H3,(H2,17,19). The number of aryl methyl sites for hydroxylation is 1. The number of nitrogens with two attached hydrogens (primary N) is 1. The van der Waals surface area contributed by atoms with Gasteiger partial charge in [-0.15, -0.1) is 0 Å². The average molecular weight is 339 g/mol. The minimum Gasteiger partial charge on any atom is -0.368 e. The zero-order valence-corrected chi connectivity index (χ0v) is 13.4. The van der Waals surface area contributed by atoms with E-state index in [0.717, 1.165) is 9.87 Å². The van der Waals surface area contributed by atoms with Gasteiger partial charge in [0.05, 0.1) is 10.6 Å². The van der Waals surface area contributed by atoms with Crippen molar-refractivity contribution >= 4 is 33.2 Å². The Balaban J connectivity index is 2.50. The molecule has 0 aliphatic carbocycles. The van der Waals surface area contributed by atoms with E-state index in [1.165, 1.54) is 24.3 Å². The summed E-state index contributed by atoms with van der Waals surface area (Å²) < 4.78 is 26.5. The molecule has 0 spiro atoms. The fourth-order valence-corrected chi connectivity index (χ4v) is 3.46. The third-order valence-electron chi connectivity index (χ3n) is 3.02. The Morgan fingerprint density at radius 2 is 1.64 bits per heavy atom. The van der Waals surface area contributed by atoms with E-state index in [0.29, 0.717) is 10.7 Å². The maximum atomic E-state index is 12.7. The van der Waals surface area contributed by atoms with Gasteiger partial charge in [0, 0.05) is 5.02 Å². The second-order valence-electron chi connectivity index (χ2n) is 4.77. The van der Waals surface area contributed by atoms with Gasteiger partial charge in [-0.25, -0.2) is 8.42 Å². The van der Waals surface area contributed by atoms with Crippen molar-refractivity contribution in [3.05, 3.63) is 59.1 Å². The highest BCUT2D eigenvalue weighted by molar-refractivity contribution is 7.92. The van der Waals surface area contributed by atoms with Gasteiger partial charge in [-0.3, -0.25) is 9.10 Å². The number of nitrogens with zero attached hydrogens (tertiary/aromatic N) is 1. The summed E-state index contributed by atoms with van der Waals surface area (Å²) in [5.74, 6) is -0.745. The lowest BCUT2D eigenvalue weighted by atomic mass is 10.2. The summed E-state index contributed by atoms with van der Waals surface area (Å²) in [4.78, 5) is 11.4. The molecule has 0 unspecified atom stereocenters. The van der Waals surface area contributed by atoms with Crippen LogP contribution in [0.25, 0.3) is 0 Å². The number of carbonyl (C=O) groups is 1. The molecule has 0 radical (unpaired) electrons. The molecule has 1 amide bonds. The van der Waals surface area contributed by atoms with E-state index in [-0.39, 0.29) is 4.90 Å². The third-order valence-corrected chi connectivity index (χ3v) is 5.06. The minimum absolute atomic E-state index is 0.0919. The third kappa shape index (κ3) is 3.58. The molecule has 0 bridgehead atoms. The first-order valence-corrected chi connectivity index (χ1v) is 8.26. The summed E-state index contributed by atoms with van der Waals surface area (Å²) in [5.41, 5.74) is 6.45. The number of amides is 1. The van der Waals surface area contributed by atoms with E-state index >= 15 is 0 Å². The molecule has 2 aromatic rings. The molecule has 22 heavy (non-hydrogen) atoms. The van der Waals surface area contributed by atoms with Crippen molar-refractivity contribution in [3.8, 4) is 0 Å². The summed E-state index contributed by atoms with van der Waals surface area (Å²) >= 11 is 5.81.